The highest BCUT2D eigenvalue weighted by Crippen LogP contribution is 2.39. The number of rotatable bonds is 3. The van der Waals surface area contributed by atoms with Crippen molar-refractivity contribution in [2.45, 2.75) is 67.7 Å². The van der Waals surface area contributed by atoms with E-state index in [0.29, 0.717) is 5.92 Å². The number of hydrogen-bond donors (Lipinski definition) is 0. The average Bonchev–Trinajstić information content (AvgIpc) is 2.96. The summed E-state index contributed by atoms with van der Waals surface area (Å²) < 4.78 is 6.44. The first-order valence-corrected chi connectivity index (χ1v) is 11.0. The lowest BCUT2D eigenvalue weighted by Crippen LogP contribution is -2.09. The smallest absolute Gasteiger partial charge is 0.143 e. The second-order valence-corrected chi connectivity index (χ2v) is 10.3. The Labute approximate surface area is 180 Å². The van der Waals surface area contributed by atoms with Crippen LogP contribution >= 0.6 is 0 Å². The Morgan fingerprint density at radius 2 is 1.67 bits per heavy atom. The Kier molecular flexibility index (Phi) is 5.00. The Balaban J connectivity index is 1.99. The largest absolute Gasteiger partial charge is 0.460 e. The number of hydrogen-bond acceptors (Lipinski definition) is 2. The third kappa shape index (κ3) is 3.76. The lowest BCUT2D eigenvalue weighted by atomic mass is 9.87. The van der Waals surface area contributed by atoms with Gasteiger partial charge in [0.1, 0.15) is 11.3 Å². The summed E-state index contributed by atoms with van der Waals surface area (Å²) in [6, 6.07) is 13.5. The van der Waals surface area contributed by atoms with E-state index in [1.165, 1.54) is 32.8 Å². The van der Waals surface area contributed by atoms with Gasteiger partial charge in [-0.3, -0.25) is 4.98 Å². The fourth-order valence-electron chi connectivity index (χ4n) is 4.58. The number of furan rings is 1. The molecule has 0 saturated heterocycles. The zero-order chi connectivity index (χ0) is 21.8. The van der Waals surface area contributed by atoms with Crippen LogP contribution in [0.1, 0.15) is 68.7 Å². The topological polar surface area (TPSA) is 26.0 Å². The van der Waals surface area contributed by atoms with Crippen molar-refractivity contribution in [3.63, 3.8) is 0 Å². The second kappa shape index (κ2) is 7.27. The van der Waals surface area contributed by atoms with Gasteiger partial charge in [-0.05, 0) is 72.9 Å². The first kappa shape index (κ1) is 20.7. The van der Waals surface area contributed by atoms with Gasteiger partial charge in [0.05, 0.1) is 5.69 Å². The van der Waals surface area contributed by atoms with Crippen molar-refractivity contribution >= 4 is 21.7 Å². The quantitative estimate of drug-likeness (QED) is 0.346. The van der Waals surface area contributed by atoms with Crippen molar-refractivity contribution in [3.8, 4) is 11.3 Å². The molecule has 2 heterocycles. The van der Waals surface area contributed by atoms with Gasteiger partial charge >= 0.3 is 0 Å². The van der Waals surface area contributed by atoms with Crippen molar-refractivity contribution in [3.05, 3.63) is 64.5 Å². The van der Waals surface area contributed by atoms with Gasteiger partial charge in [0.2, 0.25) is 0 Å². The van der Waals surface area contributed by atoms with Crippen molar-refractivity contribution in [2.75, 3.05) is 0 Å². The Morgan fingerprint density at radius 3 is 2.33 bits per heavy atom. The minimum absolute atomic E-state index is 0.264. The summed E-state index contributed by atoms with van der Waals surface area (Å²) in [5.74, 6) is 1.42. The van der Waals surface area contributed by atoms with Crippen LogP contribution in [0.3, 0.4) is 0 Å². The van der Waals surface area contributed by atoms with E-state index < -0.39 is 0 Å². The van der Waals surface area contributed by atoms with Gasteiger partial charge in [-0.25, -0.2) is 0 Å². The highest BCUT2D eigenvalue weighted by atomic mass is 16.3. The number of benzene rings is 2. The molecule has 4 aromatic rings. The normalized spacial score (nSPS) is 12.4. The van der Waals surface area contributed by atoms with E-state index in [9.17, 15) is 0 Å². The van der Waals surface area contributed by atoms with Crippen molar-refractivity contribution in [2.24, 2.45) is 5.41 Å². The third-order valence-corrected chi connectivity index (χ3v) is 5.76. The molecule has 2 aromatic heterocycles. The van der Waals surface area contributed by atoms with E-state index in [0.717, 1.165) is 34.7 Å². The fraction of sp³-hybridized carbons (Fsp3) is 0.393. The molecule has 2 aromatic carbocycles. The lowest BCUT2D eigenvalue weighted by molar-refractivity contribution is 0.411. The second-order valence-electron chi connectivity index (χ2n) is 10.3. The van der Waals surface area contributed by atoms with Crippen LogP contribution in [0.25, 0.3) is 33.0 Å². The summed E-state index contributed by atoms with van der Waals surface area (Å²) in [4.78, 5) is 4.99. The molecule has 4 rings (SSSR count). The predicted molar refractivity (Wildman–Crippen MR) is 128 cm³/mol. The fourth-order valence-corrected chi connectivity index (χ4v) is 4.58. The monoisotopic (exact) mass is 399 g/mol. The van der Waals surface area contributed by atoms with E-state index >= 15 is 0 Å². The van der Waals surface area contributed by atoms with E-state index in [4.69, 9.17) is 9.40 Å². The molecule has 0 aliphatic heterocycles. The summed E-state index contributed by atoms with van der Waals surface area (Å²) >= 11 is 0. The summed E-state index contributed by atoms with van der Waals surface area (Å²) in [5, 5.41) is 3.64. The van der Waals surface area contributed by atoms with E-state index in [1.807, 2.05) is 0 Å². The highest BCUT2D eigenvalue weighted by Gasteiger charge is 2.20. The molecule has 0 atom stereocenters. The maximum absolute atomic E-state index is 6.44. The van der Waals surface area contributed by atoms with Crippen molar-refractivity contribution < 1.29 is 4.42 Å². The molecule has 2 heteroatoms. The molecule has 0 aliphatic carbocycles. The molecule has 0 fully saturated rings. The molecule has 0 N–H and O–H groups in total. The van der Waals surface area contributed by atoms with Gasteiger partial charge in [-0.15, -0.1) is 0 Å². The van der Waals surface area contributed by atoms with E-state index in [2.05, 4.69) is 91.8 Å². The van der Waals surface area contributed by atoms with Crippen LogP contribution in [0.5, 0.6) is 0 Å². The van der Waals surface area contributed by atoms with Crippen LogP contribution in [0.15, 0.2) is 40.8 Å². The van der Waals surface area contributed by atoms with Gasteiger partial charge in [0, 0.05) is 27.9 Å². The summed E-state index contributed by atoms with van der Waals surface area (Å²) in [7, 11) is 0. The standard InChI is InChI=1S/C28H33NO/c1-16(2)26-19(5)23-11-17(3)12-24(27(23)30-26)25-22-10-9-20(15-28(6,7)8)14-21(22)13-18(4)29-25/h9-14,16H,15H2,1-8H3. The van der Waals surface area contributed by atoms with E-state index in [1.54, 1.807) is 0 Å². The molecule has 2 nitrogen and oxygen atoms in total. The molecule has 0 amide bonds. The first-order chi connectivity index (χ1) is 14.0. The number of aromatic nitrogens is 1. The minimum Gasteiger partial charge on any atom is -0.460 e. The summed E-state index contributed by atoms with van der Waals surface area (Å²) in [6.07, 6.45) is 1.06. The Morgan fingerprint density at radius 1 is 0.933 bits per heavy atom. The molecule has 0 unspecified atom stereocenters. The maximum Gasteiger partial charge on any atom is 0.143 e. The van der Waals surface area contributed by atoms with Crippen LogP contribution in [0.4, 0.5) is 0 Å². The van der Waals surface area contributed by atoms with Crippen molar-refractivity contribution in [1.29, 1.82) is 0 Å². The number of pyridine rings is 1. The SMILES string of the molecule is Cc1cc(-c2nc(C)cc3cc(CC(C)(C)C)ccc23)c2oc(C(C)C)c(C)c2c1. The molecular weight excluding hydrogens is 366 g/mol. The minimum atomic E-state index is 0.264. The average molecular weight is 400 g/mol. The van der Waals surface area contributed by atoms with Crippen LogP contribution in [-0.4, -0.2) is 4.98 Å². The van der Waals surface area contributed by atoms with Gasteiger partial charge in [-0.1, -0.05) is 52.8 Å². The van der Waals surface area contributed by atoms with Crippen LogP contribution in [0, 0.1) is 26.2 Å². The van der Waals surface area contributed by atoms with Crippen LogP contribution in [0.2, 0.25) is 0 Å². The van der Waals surface area contributed by atoms with Gasteiger partial charge < -0.3 is 4.42 Å². The predicted octanol–water partition coefficient (Wildman–Crippen LogP) is 8.29. The molecule has 0 spiro atoms. The van der Waals surface area contributed by atoms with Gasteiger partial charge in [-0.2, -0.15) is 0 Å². The zero-order valence-corrected chi connectivity index (χ0v) is 19.6. The molecule has 0 aliphatic rings. The molecule has 0 bridgehead atoms. The Hall–Kier alpha value is -2.61. The lowest BCUT2D eigenvalue weighted by Gasteiger charge is -2.19. The van der Waals surface area contributed by atoms with Crippen molar-refractivity contribution in [1.82, 2.24) is 4.98 Å². The first-order valence-electron chi connectivity index (χ1n) is 11.0. The number of aryl methyl sites for hydroxylation is 3. The zero-order valence-electron chi connectivity index (χ0n) is 19.6. The molecule has 0 radical (unpaired) electrons. The molecule has 30 heavy (non-hydrogen) atoms. The number of fused-ring (bicyclic) bond motifs is 2. The molecule has 156 valence electrons. The molecule has 0 saturated carbocycles. The summed E-state index contributed by atoms with van der Waals surface area (Å²) in [5.41, 5.74) is 8.22. The van der Waals surface area contributed by atoms with Gasteiger partial charge in [0.25, 0.3) is 0 Å². The third-order valence-electron chi connectivity index (χ3n) is 5.76. The number of nitrogens with zero attached hydrogens (tertiary/aromatic N) is 1. The summed E-state index contributed by atoms with van der Waals surface area (Å²) in [6.45, 7) is 17.6. The molecular formula is C28H33NO. The Bertz CT molecular complexity index is 1250. The maximum atomic E-state index is 6.44. The van der Waals surface area contributed by atoms with Crippen LogP contribution in [-0.2, 0) is 6.42 Å². The van der Waals surface area contributed by atoms with Crippen LogP contribution < -0.4 is 0 Å². The van der Waals surface area contributed by atoms with Gasteiger partial charge in [0.15, 0.2) is 0 Å². The highest BCUT2D eigenvalue weighted by molar-refractivity contribution is 6.03. The van der Waals surface area contributed by atoms with E-state index in [-0.39, 0.29) is 5.41 Å².